The summed E-state index contributed by atoms with van der Waals surface area (Å²) in [6.07, 6.45) is 4.97. The van der Waals surface area contributed by atoms with Gasteiger partial charge in [0.1, 0.15) is 5.82 Å². The van der Waals surface area contributed by atoms with E-state index in [0.717, 1.165) is 57.4 Å². The van der Waals surface area contributed by atoms with Crippen LogP contribution in [-0.4, -0.2) is 67.4 Å². The van der Waals surface area contributed by atoms with E-state index in [9.17, 15) is 0 Å². The molecule has 20 heavy (non-hydrogen) atoms. The van der Waals surface area contributed by atoms with Gasteiger partial charge in [0.05, 0.1) is 31.3 Å². The molecule has 1 atom stereocenters. The van der Waals surface area contributed by atoms with Crippen molar-refractivity contribution in [1.29, 1.82) is 0 Å². The van der Waals surface area contributed by atoms with Gasteiger partial charge in [-0.2, -0.15) is 0 Å². The summed E-state index contributed by atoms with van der Waals surface area (Å²) in [5.41, 5.74) is 0.986. The topological polar surface area (TPSA) is 53.5 Å². The second kappa shape index (κ2) is 6.47. The van der Waals surface area contributed by atoms with E-state index in [-0.39, 0.29) is 0 Å². The van der Waals surface area contributed by atoms with Crippen LogP contribution in [0.2, 0.25) is 0 Å². The summed E-state index contributed by atoms with van der Waals surface area (Å²) in [4.78, 5) is 13.9. The number of rotatable bonds is 4. The Labute approximate surface area is 120 Å². The molecule has 3 heterocycles. The molecule has 0 spiro atoms. The molecular weight excluding hydrogens is 254 g/mol. The number of morpholine rings is 1. The molecule has 1 N–H and O–H groups in total. The Morgan fingerprint density at radius 3 is 2.80 bits per heavy atom. The van der Waals surface area contributed by atoms with Crippen molar-refractivity contribution in [3.8, 4) is 0 Å². The Morgan fingerprint density at radius 1 is 1.25 bits per heavy atom. The third kappa shape index (κ3) is 3.08. The van der Waals surface area contributed by atoms with Crippen molar-refractivity contribution in [1.82, 2.24) is 20.2 Å². The molecule has 0 amide bonds. The van der Waals surface area contributed by atoms with Crippen molar-refractivity contribution in [3.05, 3.63) is 18.1 Å². The van der Waals surface area contributed by atoms with E-state index in [1.165, 1.54) is 6.42 Å². The van der Waals surface area contributed by atoms with Crippen molar-refractivity contribution in [2.75, 3.05) is 51.3 Å². The molecule has 2 saturated heterocycles. The van der Waals surface area contributed by atoms with Gasteiger partial charge in [0.2, 0.25) is 0 Å². The highest BCUT2D eigenvalue weighted by Gasteiger charge is 2.29. The van der Waals surface area contributed by atoms with Gasteiger partial charge in [-0.3, -0.25) is 9.88 Å². The minimum atomic E-state index is 0.637. The number of nitrogens with zero attached hydrogens (tertiary/aromatic N) is 4. The van der Waals surface area contributed by atoms with Gasteiger partial charge in [-0.1, -0.05) is 0 Å². The lowest BCUT2D eigenvalue weighted by Gasteiger charge is -2.32. The number of aromatic nitrogens is 2. The van der Waals surface area contributed by atoms with Crippen molar-refractivity contribution < 1.29 is 4.74 Å². The van der Waals surface area contributed by atoms with Crippen LogP contribution in [0.25, 0.3) is 0 Å². The molecule has 3 rings (SSSR count). The average molecular weight is 277 g/mol. The number of hydrogen-bond acceptors (Lipinski definition) is 6. The largest absolute Gasteiger partial charge is 0.379 e. The van der Waals surface area contributed by atoms with Crippen LogP contribution in [0.1, 0.15) is 12.1 Å². The van der Waals surface area contributed by atoms with Crippen molar-refractivity contribution in [2.45, 2.75) is 19.0 Å². The Balaban J connectivity index is 1.58. The fraction of sp³-hybridized carbons (Fsp3) is 0.714. The van der Waals surface area contributed by atoms with E-state index in [1.54, 1.807) is 0 Å². The Bertz CT molecular complexity index is 418. The Hall–Kier alpha value is -1.24. The summed E-state index contributed by atoms with van der Waals surface area (Å²) in [5.74, 6) is 1.00. The van der Waals surface area contributed by atoms with Crippen LogP contribution >= 0.6 is 0 Å². The number of nitrogens with one attached hydrogen (secondary N) is 1. The van der Waals surface area contributed by atoms with Gasteiger partial charge in [0.15, 0.2) is 0 Å². The van der Waals surface area contributed by atoms with Gasteiger partial charge in [0.25, 0.3) is 0 Å². The molecule has 2 fully saturated rings. The van der Waals surface area contributed by atoms with E-state index < -0.39 is 0 Å². The molecule has 0 bridgehead atoms. The highest BCUT2D eigenvalue weighted by molar-refractivity contribution is 5.37. The second-order valence-corrected chi connectivity index (χ2v) is 5.43. The molecule has 6 heteroatoms. The Kier molecular flexibility index (Phi) is 4.44. The molecule has 6 nitrogen and oxygen atoms in total. The van der Waals surface area contributed by atoms with Crippen LogP contribution in [0, 0.1) is 0 Å². The fourth-order valence-corrected chi connectivity index (χ4v) is 2.97. The van der Waals surface area contributed by atoms with Gasteiger partial charge >= 0.3 is 0 Å². The molecule has 0 aliphatic carbocycles. The molecule has 0 aromatic carbocycles. The lowest BCUT2D eigenvalue weighted by molar-refractivity contribution is 0.0209. The predicted molar refractivity (Wildman–Crippen MR) is 77.8 cm³/mol. The zero-order valence-electron chi connectivity index (χ0n) is 12.1. The van der Waals surface area contributed by atoms with Crippen molar-refractivity contribution in [3.63, 3.8) is 0 Å². The maximum atomic E-state index is 5.42. The SMILES string of the molecule is CNCc1cnc(N2CCC(N3CCOCC3)C2)cn1. The van der Waals surface area contributed by atoms with Crippen LogP contribution < -0.4 is 10.2 Å². The van der Waals surface area contributed by atoms with Crippen LogP contribution in [0.5, 0.6) is 0 Å². The maximum Gasteiger partial charge on any atom is 0.147 e. The van der Waals surface area contributed by atoms with Crippen LogP contribution in [0.4, 0.5) is 5.82 Å². The van der Waals surface area contributed by atoms with Crippen molar-refractivity contribution in [2.24, 2.45) is 0 Å². The second-order valence-electron chi connectivity index (χ2n) is 5.43. The monoisotopic (exact) mass is 277 g/mol. The molecular formula is C14H23N5O. The molecule has 0 saturated carbocycles. The van der Waals surface area contributed by atoms with Crippen molar-refractivity contribution >= 4 is 5.82 Å². The standard InChI is InChI=1S/C14H23N5O/c1-15-8-12-9-17-14(10-16-12)19-3-2-13(11-19)18-4-6-20-7-5-18/h9-10,13,15H,2-8,11H2,1H3. The summed E-state index contributed by atoms with van der Waals surface area (Å²) < 4.78 is 5.42. The molecule has 2 aliphatic heterocycles. The first-order valence-corrected chi connectivity index (χ1v) is 7.39. The molecule has 0 radical (unpaired) electrons. The smallest absolute Gasteiger partial charge is 0.147 e. The molecule has 1 aromatic rings. The van der Waals surface area contributed by atoms with E-state index in [0.29, 0.717) is 6.04 Å². The lowest BCUT2D eigenvalue weighted by atomic mass is 10.2. The molecule has 1 unspecified atom stereocenters. The van der Waals surface area contributed by atoms with E-state index >= 15 is 0 Å². The van der Waals surface area contributed by atoms with E-state index in [4.69, 9.17) is 4.74 Å². The highest BCUT2D eigenvalue weighted by Crippen LogP contribution is 2.21. The number of ether oxygens (including phenoxy) is 1. The third-order valence-corrected chi connectivity index (χ3v) is 4.10. The predicted octanol–water partition coefficient (Wildman–Crippen LogP) is 0.107. The van der Waals surface area contributed by atoms with Gasteiger partial charge in [0, 0.05) is 38.8 Å². The molecule has 110 valence electrons. The summed E-state index contributed by atoms with van der Waals surface area (Å²) in [7, 11) is 1.92. The third-order valence-electron chi connectivity index (χ3n) is 4.10. The van der Waals surface area contributed by atoms with Gasteiger partial charge in [-0.15, -0.1) is 0 Å². The quantitative estimate of drug-likeness (QED) is 0.843. The average Bonchev–Trinajstić information content (AvgIpc) is 2.99. The summed E-state index contributed by atoms with van der Waals surface area (Å²) in [5, 5.41) is 3.09. The van der Waals surface area contributed by atoms with E-state index in [1.807, 2.05) is 19.4 Å². The molecule has 1 aromatic heterocycles. The van der Waals surface area contributed by atoms with Gasteiger partial charge in [-0.25, -0.2) is 4.98 Å². The maximum absolute atomic E-state index is 5.42. The Morgan fingerprint density at radius 2 is 2.10 bits per heavy atom. The first-order valence-electron chi connectivity index (χ1n) is 7.39. The normalized spacial score (nSPS) is 24.2. The summed E-state index contributed by atoms with van der Waals surface area (Å²) >= 11 is 0. The summed E-state index contributed by atoms with van der Waals surface area (Å²) in [6.45, 7) is 6.76. The number of hydrogen-bond donors (Lipinski definition) is 1. The zero-order valence-corrected chi connectivity index (χ0v) is 12.1. The minimum Gasteiger partial charge on any atom is -0.379 e. The fourth-order valence-electron chi connectivity index (χ4n) is 2.97. The first-order chi connectivity index (χ1) is 9.86. The van der Waals surface area contributed by atoms with Crippen LogP contribution in [0.3, 0.4) is 0 Å². The minimum absolute atomic E-state index is 0.637. The molecule has 2 aliphatic rings. The number of anilines is 1. The van der Waals surface area contributed by atoms with Crippen LogP contribution in [-0.2, 0) is 11.3 Å². The zero-order chi connectivity index (χ0) is 13.8. The first kappa shape index (κ1) is 13.7. The van der Waals surface area contributed by atoms with E-state index in [2.05, 4.69) is 25.1 Å². The van der Waals surface area contributed by atoms with Gasteiger partial charge < -0.3 is 15.0 Å². The summed E-state index contributed by atoms with van der Waals surface area (Å²) in [6, 6.07) is 0.637. The van der Waals surface area contributed by atoms with Gasteiger partial charge in [-0.05, 0) is 13.5 Å². The van der Waals surface area contributed by atoms with Crippen LogP contribution in [0.15, 0.2) is 12.4 Å². The highest BCUT2D eigenvalue weighted by atomic mass is 16.5. The lowest BCUT2D eigenvalue weighted by Crippen LogP contribution is -2.44.